The van der Waals surface area contributed by atoms with Crippen molar-refractivity contribution in [1.29, 1.82) is 0 Å². The van der Waals surface area contributed by atoms with E-state index in [1.807, 2.05) is 0 Å². The molecule has 10 heteroatoms. The maximum Gasteiger partial charge on any atom is 0.256 e. The van der Waals surface area contributed by atoms with Crippen LogP contribution in [-0.2, 0) is 11.8 Å². The minimum atomic E-state index is -0.863. The highest BCUT2D eigenvalue weighted by Crippen LogP contribution is 2.25. The van der Waals surface area contributed by atoms with Crippen LogP contribution in [0.3, 0.4) is 0 Å². The summed E-state index contributed by atoms with van der Waals surface area (Å²) in [4.78, 5) is 36.9. The Morgan fingerprint density at radius 3 is 2.57 bits per heavy atom. The number of hydrogen-bond donors (Lipinski definition) is 0. The van der Waals surface area contributed by atoms with Crippen LogP contribution >= 0.6 is 23.4 Å². The van der Waals surface area contributed by atoms with Gasteiger partial charge in [0.05, 0.1) is 5.69 Å². The highest BCUT2D eigenvalue weighted by molar-refractivity contribution is 8.00. The summed E-state index contributed by atoms with van der Waals surface area (Å²) in [6.45, 7) is 1.40. The Morgan fingerprint density at radius 2 is 1.90 bits per heavy atom. The molecule has 1 unspecified atom stereocenters. The number of Topliss-reactive ketones (excluding diaryl/α,β-unsaturated/α-hetero) is 1. The number of pyridine rings is 1. The van der Waals surface area contributed by atoms with Crippen molar-refractivity contribution < 1.29 is 4.79 Å². The van der Waals surface area contributed by atoms with Crippen LogP contribution < -0.4 is 5.56 Å². The largest absolute Gasteiger partial charge is 0.297 e. The van der Waals surface area contributed by atoms with Crippen LogP contribution in [0.25, 0.3) is 0 Å². The standard InChI is InChI=1S/C20H17ClN6O2S/c1-13(28)19(26-25-16-5-3-15(21)4-6-16)30-20-24-17(11-18(29)27(20)2)23-12-14-7-9-22-10-8-14/h3-12,19H,1-2H3/b23-12-,26-25?. The lowest BCUT2D eigenvalue weighted by molar-refractivity contribution is -0.116. The van der Waals surface area contributed by atoms with E-state index in [2.05, 4.69) is 25.2 Å². The first kappa shape index (κ1) is 21.5. The fourth-order valence-electron chi connectivity index (χ4n) is 2.18. The van der Waals surface area contributed by atoms with Gasteiger partial charge in [0.15, 0.2) is 22.1 Å². The molecule has 1 atom stereocenters. The summed E-state index contributed by atoms with van der Waals surface area (Å²) in [5.74, 6) is 0.00649. The molecule has 0 radical (unpaired) electrons. The van der Waals surface area contributed by atoms with E-state index in [1.165, 1.54) is 17.6 Å². The van der Waals surface area contributed by atoms with Crippen LogP contribution in [-0.4, -0.2) is 31.9 Å². The van der Waals surface area contributed by atoms with Crippen molar-refractivity contribution in [2.75, 3.05) is 0 Å². The van der Waals surface area contributed by atoms with Gasteiger partial charge in [-0.3, -0.25) is 19.1 Å². The lowest BCUT2D eigenvalue weighted by atomic mass is 10.3. The maximum atomic E-state index is 12.3. The Kier molecular flexibility index (Phi) is 7.21. The van der Waals surface area contributed by atoms with Gasteiger partial charge < -0.3 is 0 Å². The van der Waals surface area contributed by atoms with E-state index >= 15 is 0 Å². The first-order chi connectivity index (χ1) is 14.4. The Hall–Kier alpha value is -3.17. The molecular formula is C20H17ClN6O2S. The second-order valence-electron chi connectivity index (χ2n) is 6.11. The second kappa shape index (κ2) is 10.0. The van der Waals surface area contributed by atoms with Gasteiger partial charge in [-0.05, 0) is 48.9 Å². The normalized spacial score (nSPS) is 12.5. The zero-order chi connectivity index (χ0) is 21.5. The van der Waals surface area contributed by atoms with E-state index in [9.17, 15) is 9.59 Å². The Balaban J connectivity index is 1.84. The molecule has 3 rings (SSSR count). The number of ketones is 1. The van der Waals surface area contributed by atoms with Crippen molar-refractivity contribution in [3.8, 4) is 0 Å². The van der Waals surface area contributed by atoms with Crippen molar-refractivity contribution in [3.63, 3.8) is 0 Å². The molecule has 0 aliphatic rings. The minimum Gasteiger partial charge on any atom is -0.297 e. The molecule has 0 aliphatic carbocycles. The van der Waals surface area contributed by atoms with Gasteiger partial charge in [-0.2, -0.15) is 10.2 Å². The van der Waals surface area contributed by atoms with Crippen molar-refractivity contribution in [3.05, 3.63) is 75.8 Å². The summed E-state index contributed by atoms with van der Waals surface area (Å²) in [6.07, 6.45) is 4.87. The first-order valence-electron chi connectivity index (χ1n) is 8.78. The number of aromatic nitrogens is 3. The molecule has 0 N–H and O–H groups in total. The molecule has 30 heavy (non-hydrogen) atoms. The average Bonchev–Trinajstić information content (AvgIpc) is 2.74. The Labute approximate surface area is 181 Å². The van der Waals surface area contributed by atoms with Crippen LogP contribution in [0.15, 0.2) is 80.0 Å². The van der Waals surface area contributed by atoms with E-state index in [1.54, 1.807) is 62.1 Å². The van der Waals surface area contributed by atoms with Crippen molar-refractivity contribution in [2.45, 2.75) is 17.5 Å². The molecule has 1 aromatic carbocycles. The second-order valence-corrected chi connectivity index (χ2v) is 7.59. The van der Waals surface area contributed by atoms with Crippen molar-refractivity contribution in [1.82, 2.24) is 14.5 Å². The number of carbonyl (C=O) groups is 1. The number of azo groups is 1. The van der Waals surface area contributed by atoms with Crippen LogP contribution in [0.5, 0.6) is 0 Å². The van der Waals surface area contributed by atoms with Crippen LogP contribution in [0.2, 0.25) is 5.02 Å². The number of carbonyl (C=O) groups excluding carboxylic acids is 1. The zero-order valence-corrected chi connectivity index (χ0v) is 17.7. The van der Waals surface area contributed by atoms with Gasteiger partial charge in [0.2, 0.25) is 0 Å². The van der Waals surface area contributed by atoms with Gasteiger partial charge >= 0.3 is 0 Å². The van der Waals surface area contributed by atoms with Crippen LogP contribution in [0.4, 0.5) is 11.5 Å². The predicted octanol–water partition coefficient (Wildman–Crippen LogP) is 4.37. The van der Waals surface area contributed by atoms with Gasteiger partial charge in [-0.25, -0.2) is 9.98 Å². The highest BCUT2D eigenvalue weighted by Gasteiger charge is 2.19. The third-order valence-electron chi connectivity index (χ3n) is 3.80. The quantitative estimate of drug-likeness (QED) is 0.235. The molecule has 2 aromatic heterocycles. The molecule has 2 heterocycles. The Morgan fingerprint density at radius 1 is 1.20 bits per heavy atom. The summed E-state index contributed by atoms with van der Waals surface area (Å²) < 4.78 is 1.34. The third-order valence-corrected chi connectivity index (χ3v) is 5.28. The minimum absolute atomic E-state index is 0.224. The molecule has 152 valence electrons. The van der Waals surface area contributed by atoms with Gasteiger partial charge in [0, 0.05) is 36.7 Å². The number of aliphatic imine (C=N–C) groups is 1. The van der Waals surface area contributed by atoms with E-state index < -0.39 is 5.37 Å². The monoisotopic (exact) mass is 440 g/mol. The predicted molar refractivity (Wildman–Crippen MR) is 117 cm³/mol. The first-order valence-corrected chi connectivity index (χ1v) is 10.0. The summed E-state index contributed by atoms with van der Waals surface area (Å²) in [7, 11) is 1.57. The summed E-state index contributed by atoms with van der Waals surface area (Å²) in [6, 6.07) is 11.6. The van der Waals surface area contributed by atoms with E-state index in [0.29, 0.717) is 15.9 Å². The van der Waals surface area contributed by atoms with Gasteiger partial charge in [-0.1, -0.05) is 23.4 Å². The van der Waals surface area contributed by atoms with Gasteiger partial charge in [-0.15, -0.1) is 0 Å². The number of hydrogen-bond acceptors (Lipinski definition) is 8. The SMILES string of the molecule is CC(=O)C(N=Nc1ccc(Cl)cc1)Sc1nc(/N=C\c2ccncc2)cc(=O)n1C. The highest BCUT2D eigenvalue weighted by atomic mass is 35.5. The third kappa shape index (κ3) is 5.91. The fourth-order valence-corrected chi connectivity index (χ4v) is 3.16. The van der Waals surface area contributed by atoms with Gasteiger partial charge in [0.25, 0.3) is 5.56 Å². The van der Waals surface area contributed by atoms with Gasteiger partial charge in [0.1, 0.15) is 0 Å². The number of nitrogens with zero attached hydrogens (tertiary/aromatic N) is 6. The number of halogens is 1. The van der Waals surface area contributed by atoms with E-state index in [-0.39, 0.29) is 17.2 Å². The zero-order valence-electron chi connectivity index (χ0n) is 16.1. The smallest absolute Gasteiger partial charge is 0.256 e. The maximum absolute atomic E-state index is 12.3. The molecule has 8 nitrogen and oxygen atoms in total. The van der Waals surface area contributed by atoms with Crippen LogP contribution in [0, 0.1) is 0 Å². The lowest BCUT2D eigenvalue weighted by Crippen LogP contribution is -2.20. The van der Waals surface area contributed by atoms with Crippen molar-refractivity contribution >= 4 is 46.9 Å². The fraction of sp³-hybridized carbons (Fsp3) is 0.150. The summed E-state index contributed by atoms with van der Waals surface area (Å²) in [5.41, 5.74) is 1.08. The number of rotatable bonds is 7. The molecule has 0 aliphatic heterocycles. The molecule has 0 spiro atoms. The Bertz CT molecular complexity index is 1150. The molecule has 3 aromatic rings. The molecule has 0 saturated heterocycles. The molecule has 0 bridgehead atoms. The average molecular weight is 441 g/mol. The summed E-state index contributed by atoms with van der Waals surface area (Å²) in [5, 5.41) is 8.22. The molecule has 0 fully saturated rings. The molecule has 0 saturated carbocycles. The van der Waals surface area contributed by atoms with Crippen LogP contribution in [0.1, 0.15) is 12.5 Å². The molecule has 0 amide bonds. The van der Waals surface area contributed by atoms with E-state index in [0.717, 1.165) is 17.3 Å². The number of thioether (sulfide) groups is 1. The topological polar surface area (TPSA) is 102 Å². The van der Waals surface area contributed by atoms with E-state index in [4.69, 9.17) is 11.6 Å². The number of benzene rings is 1. The lowest BCUT2D eigenvalue weighted by Gasteiger charge is -2.10. The van der Waals surface area contributed by atoms with Crippen molar-refractivity contribution in [2.24, 2.45) is 22.3 Å². The summed E-state index contributed by atoms with van der Waals surface area (Å²) >= 11 is 6.89. The molecular weight excluding hydrogens is 424 g/mol.